The van der Waals surface area contributed by atoms with Crippen LogP contribution in [0.1, 0.15) is 18.4 Å². The Morgan fingerprint density at radius 3 is 2.47 bits per heavy atom. The first-order valence-corrected chi connectivity index (χ1v) is 4.85. The highest BCUT2D eigenvalue weighted by Crippen LogP contribution is 2.04. The van der Waals surface area contributed by atoms with Crippen LogP contribution < -0.4 is 0 Å². The van der Waals surface area contributed by atoms with E-state index in [4.69, 9.17) is 0 Å². The number of methoxy groups -OCH3 is 1. The van der Waals surface area contributed by atoms with Gasteiger partial charge in [-0.15, -0.1) is 0 Å². The fraction of sp³-hybridized carbons (Fsp3) is 0.333. The van der Waals surface area contributed by atoms with Gasteiger partial charge in [-0.2, -0.15) is 0 Å². The first-order valence-electron chi connectivity index (χ1n) is 4.85. The lowest BCUT2D eigenvalue weighted by Gasteiger charge is -2.00. The van der Waals surface area contributed by atoms with E-state index >= 15 is 0 Å². The maximum absolute atomic E-state index is 11.3. The van der Waals surface area contributed by atoms with Crippen molar-refractivity contribution < 1.29 is 14.3 Å². The summed E-state index contributed by atoms with van der Waals surface area (Å²) in [7, 11) is 1.28. The molecule has 3 heteroatoms. The Morgan fingerprint density at radius 1 is 1.20 bits per heavy atom. The minimum absolute atomic E-state index is 0.0781. The zero-order valence-electron chi connectivity index (χ0n) is 8.73. The van der Waals surface area contributed by atoms with E-state index in [0.29, 0.717) is 12.8 Å². The van der Waals surface area contributed by atoms with Gasteiger partial charge < -0.3 is 4.74 Å². The average Bonchev–Trinajstić information content (AvgIpc) is 2.27. The largest absolute Gasteiger partial charge is 0.469 e. The Bertz CT molecular complexity index is 330. The third-order valence-corrected chi connectivity index (χ3v) is 2.10. The molecular formula is C12H14O3. The van der Waals surface area contributed by atoms with Crippen molar-refractivity contribution in [2.24, 2.45) is 0 Å². The van der Waals surface area contributed by atoms with E-state index in [1.807, 2.05) is 30.3 Å². The average molecular weight is 206 g/mol. The maximum atomic E-state index is 11.3. The first-order chi connectivity index (χ1) is 7.22. The summed E-state index contributed by atoms with van der Waals surface area (Å²) in [4.78, 5) is 22.1. The van der Waals surface area contributed by atoms with Gasteiger partial charge in [0, 0.05) is 6.42 Å². The second-order valence-corrected chi connectivity index (χ2v) is 3.28. The first kappa shape index (κ1) is 11.4. The zero-order chi connectivity index (χ0) is 11.1. The number of carbonyl (C=O) groups is 2. The molecule has 1 aromatic carbocycles. The number of benzene rings is 1. The van der Waals surface area contributed by atoms with Crippen molar-refractivity contribution in [1.29, 1.82) is 0 Å². The van der Waals surface area contributed by atoms with Gasteiger partial charge in [0.1, 0.15) is 12.2 Å². The van der Waals surface area contributed by atoms with E-state index in [2.05, 4.69) is 4.74 Å². The van der Waals surface area contributed by atoms with Crippen molar-refractivity contribution in [3.05, 3.63) is 35.9 Å². The fourth-order valence-corrected chi connectivity index (χ4v) is 1.25. The predicted molar refractivity (Wildman–Crippen MR) is 56.4 cm³/mol. The van der Waals surface area contributed by atoms with E-state index in [9.17, 15) is 9.59 Å². The Kier molecular flexibility index (Phi) is 4.54. The minimum Gasteiger partial charge on any atom is -0.469 e. The molecule has 0 unspecified atom stereocenters. The van der Waals surface area contributed by atoms with Crippen LogP contribution >= 0.6 is 0 Å². The number of hydrogen-bond acceptors (Lipinski definition) is 3. The van der Waals surface area contributed by atoms with Gasteiger partial charge in [0.15, 0.2) is 0 Å². The van der Waals surface area contributed by atoms with Crippen molar-refractivity contribution in [3.63, 3.8) is 0 Å². The monoisotopic (exact) mass is 206 g/mol. The van der Waals surface area contributed by atoms with Crippen LogP contribution in [0, 0.1) is 0 Å². The van der Waals surface area contributed by atoms with Crippen LogP contribution in [0.3, 0.4) is 0 Å². The summed E-state index contributed by atoms with van der Waals surface area (Å²) in [5.41, 5.74) is 1.11. The SMILES string of the molecule is COC(=O)CC(=O)CCc1ccccc1. The molecule has 0 spiro atoms. The molecule has 0 aliphatic heterocycles. The van der Waals surface area contributed by atoms with E-state index in [1.165, 1.54) is 7.11 Å². The topological polar surface area (TPSA) is 43.4 Å². The number of hydrogen-bond donors (Lipinski definition) is 0. The molecule has 0 atom stereocenters. The highest BCUT2D eigenvalue weighted by atomic mass is 16.5. The number of esters is 1. The lowest BCUT2D eigenvalue weighted by Crippen LogP contribution is -2.09. The van der Waals surface area contributed by atoms with Gasteiger partial charge in [0.25, 0.3) is 0 Å². The van der Waals surface area contributed by atoms with Crippen molar-refractivity contribution in [1.82, 2.24) is 0 Å². The van der Waals surface area contributed by atoms with Gasteiger partial charge in [-0.25, -0.2) is 0 Å². The highest BCUT2D eigenvalue weighted by molar-refractivity contribution is 5.95. The van der Waals surface area contributed by atoms with Crippen LogP contribution in [-0.2, 0) is 20.7 Å². The molecule has 3 nitrogen and oxygen atoms in total. The van der Waals surface area contributed by atoms with E-state index < -0.39 is 5.97 Å². The highest BCUT2D eigenvalue weighted by Gasteiger charge is 2.08. The molecule has 0 aromatic heterocycles. The Labute approximate surface area is 89.1 Å². The molecule has 15 heavy (non-hydrogen) atoms. The summed E-state index contributed by atoms with van der Waals surface area (Å²) in [6, 6.07) is 9.72. The molecular weight excluding hydrogens is 192 g/mol. The molecule has 0 amide bonds. The molecule has 0 aliphatic carbocycles. The van der Waals surface area contributed by atoms with Crippen molar-refractivity contribution in [2.45, 2.75) is 19.3 Å². The summed E-state index contributed by atoms with van der Waals surface area (Å²) < 4.78 is 4.41. The van der Waals surface area contributed by atoms with E-state index in [1.54, 1.807) is 0 Å². The molecule has 0 aliphatic rings. The molecule has 0 saturated carbocycles. The summed E-state index contributed by atoms with van der Waals surface area (Å²) in [6.07, 6.45) is 0.944. The van der Waals surface area contributed by atoms with Gasteiger partial charge in [-0.1, -0.05) is 30.3 Å². The lowest BCUT2D eigenvalue weighted by molar-refractivity contribution is -0.143. The Hall–Kier alpha value is -1.64. The lowest BCUT2D eigenvalue weighted by atomic mass is 10.1. The number of ether oxygens (including phenoxy) is 1. The second kappa shape index (κ2) is 5.96. The van der Waals surface area contributed by atoms with Crippen LogP contribution in [0.2, 0.25) is 0 Å². The molecule has 0 heterocycles. The number of aryl methyl sites for hydroxylation is 1. The second-order valence-electron chi connectivity index (χ2n) is 3.28. The quantitative estimate of drug-likeness (QED) is 0.544. The molecule has 1 aromatic rings. The molecule has 80 valence electrons. The van der Waals surface area contributed by atoms with Gasteiger partial charge in [0.05, 0.1) is 7.11 Å². The number of rotatable bonds is 5. The summed E-state index contributed by atoms with van der Waals surface area (Å²) in [5, 5.41) is 0. The van der Waals surface area contributed by atoms with Crippen LogP contribution in [0.5, 0.6) is 0 Å². The molecule has 0 saturated heterocycles. The van der Waals surface area contributed by atoms with Crippen molar-refractivity contribution in [3.8, 4) is 0 Å². The van der Waals surface area contributed by atoms with Crippen LogP contribution in [-0.4, -0.2) is 18.9 Å². The summed E-state index contributed by atoms with van der Waals surface area (Å²) >= 11 is 0. The van der Waals surface area contributed by atoms with Crippen LogP contribution in [0.15, 0.2) is 30.3 Å². The van der Waals surface area contributed by atoms with E-state index in [0.717, 1.165) is 5.56 Å². The number of ketones is 1. The number of Topliss-reactive ketones (excluding diaryl/α,β-unsaturated/α-hetero) is 1. The minimum atomic E-state index is -0.465. The third-order valence-electron chi connectivity index (χ3n) is 2.10. The molecule has 1 rings (SSSR count). The van der Waals surface area contributed by atoms with Gasteiger partial charge >= 0.3 is 5.97 Å². The maximum Gasteiger partial charge on any atom is 0.313 e. The Morgan fingerprint density at radius 2 is 1.87 bits per heavy atom. The van der Waals surface area contributed by atoms with Gasteiger partial charge in [-0.05, 0) is 12.0 Å². The predicted octanol–water partition coefficient (Wildman–Crippen LogP) is 1.75. The van der Waals surface area contributed by atoms with E-state index in [-0.39, 0.29) is 12.2 Å². The molecule has 0 fully saturated rings. The van der Waals surface area contributed by atoms with Gasteiger partial charge in [0.2, 0.25) is 0 Å². The van der Waals surface area contributed by atoms with Crippen molar-refractivity contribution in [2.75, 3.05) is 7.11 Å². The molecule has 0 N–H and O–H groups in total. The zero-order valence-corrected chi connectivity index (χ0v) is 8.73. The summed E-state index contributed by atoms with van der Waals surface area (Å²) in [5.74, 6) is -0.543. The van der Waals surface area contributed by atoms with Crippen molar-refractivity contribution >= 4 is 11.8 Å². The Balaban J connectivity index is 2.32. The van der Waals surface area contributed by atoms with Gasteiger partial charge in [-0.3, -0.25) is 9.59 Å². The number of carbonyl (C=O) groups excluding carboxylic acids is 2. The summed E-state index contributed by atoms with van der Waals surface area (Å²) in [6.45, 7) is 0. The normalized spacial score (nSPS) is 9.67. The third kappa shape index (κ3) is 4.40. The standard InChI is InChI=1S/C12H14O3/c1-15-12(14)9-11(13)8-7-10-5-3-2-4-6-10/h2-6H,7-9H2,1H3. The fourth-order valence-electron chi connectivity index (χ4n) is 1.25. The smallest absolute Gasteiger partial charge is 0.313 e. The van der Waals surface area contributed by atoms with Crippen LogP contribution in [0.4, 0.5) is 0 Å². The molecule has 0 radical (unpaired) electrons. The van der Waals surface area contributed by atoms with Crippen LogP contribution in [0.25, 0.3) is 0 Å². The molecule has 0 bridgehead atoms.